The summed E-state index contributed by atoms with van der Waals surface area (Å²) in [4.78, 5) is 0. The van der Waals surface area contributed by atoms with Crippen molar-refractivity contribution < 1.29 is 0 Å². The van der Waals surface area contributed by atoms with E-state index < -0.39 is 0 Å². The predicted molar refractivity (Wildman–Crippen MR) is 90.1 cm³/mol. The molecule has 1 nitrogen and oxygen atoms in total. The molecule has 0 aliphatic carbocycles. The van der Waals surface area contributed by atoms with Crippen LogP contribution >= 0.6 is 0 Å². The molecule has 20 heavy (non-hydrogen) atoms. The summed E-state index contributed by atoms with van der Waals surface area (Å²) >= 11 is 0. The van der Waals surface area contributed by atoms with Crippen molar-refractivity contribution in [3.8, 4) is 0 Å². The SMILES string of the molecule is CCCCC(CC)CC(NCCC)c1ccccc1C. The minimum atomic E-state index is 0.526. The topological polar surface area (TPSA) is 12.0 Å². The first-order valence-electron chi connectivity index (χ1n) is 8.51. The third kappa shape index (κ3) is 5.66. The maximum absolute atomic E-state index is 3.77. The van der Waals surface area contributed by atoms with Gasteiger partial charge in [0.1, 0.15) is 0 Å². The first-order chi connectivity index (χ1) is 9.72. The molecule has 0 bridgehead atoms. The molecule has 0 spiro atoms. The van der Waals surface area contributed by atoms with E-state index in [-0.39, 0.29) is 0 Å². The Balaban J connectivity index is 2.75. The van der Waals surface area contributed by atoms with Gasteiger partial charge in [-0.05, 0) is 43.4 Å². The Hall–Kier alpha value is -0.820. The molecule has 0 aromatic heterocycles. The Bertz CT molecular complexity index is 359. The number of aryl methyl sites for hydroxylation is 1. The molecule has 0 fully saturated rings. The summed E-state index contributed by atoms with van der Waals surface area (Å²) in [5.74, 6) is 0.851. The molecule has 0 amide bonds. The van der Waals surface area contributed by atoms with Gasteiger partial charge in [-0.3, -0.25) is 0 Å². The second-order valence-electron chi connectivity index (χ2n) is 6.02. The fraction of sp³-hybridized carbons (Fsp3) is 0.684. The Morgan fingerprint density at radius 3 is 2.40 bits per heavy atom. The summed E-state index contributed by atoms with van der Waals surface area (Å²) < 4.78 is 0. The van der Waals surface area contributed by atoms with Gasteiger partial charge < -0.3 is 5.32 Å². The lowest BCUT2D eigenvalue weighted by atomic mass is 9.88. The van der Waals surface area contributed by atoms with Gasteiger partial charge >= 0.3 is 0 Å². The van der Waals surface area contributed by atoms with E-state index in [0.717, 1.165) is 12.5 Å². The summed E-state index contributed by atoms with van der Waals surface area (Å²) in [6.07, 6.45) is 7.84. The summed E-state index contributed by atoms with van der Waals surface area (Å²) in [6.45, 7) is 10.2. The van der Waals surface area contributed by atoms with Crippen LogP contribution in [0.4, 0.5) is 0 Å². The van der Waals surface area contributed by atoms with Gasteiger partial charge in [-0.15, -0.1) is 0 Å². The van der Waals surface area contributed by atoms with E-state index in [1.165, 1.54) is 49.7 Å². The monoisotopic (exact) mass is 275 g/mol. The molecule has 2 unspecified atom stereocenters. The molecule has 0 saturated carbocycles. The van der Waals surface area contributed by atoms with E-state index in [1.54, 1.807) is 0 Å². The normalized spacial score (nSPS) is 14.2. The van der Waals surface area contributed by atoms with Gasteiger partial charge in [0.05, 0.1) is 0 Å². The first kappa shape index (κ1) is 17.2. The van der Waals surface area contributed by atoms with Crippen molar-refractivity contribution in [1.29, 1.82) is 0 Å². The smallest absolute Gasteiger partial charge is 0.0325 e. The largest absolute Gasteiger partial charge is 0.310 e. The maximum Gasteiger partial charge on any atom is 0.0325 e. The zero-order chi connectivity index (χ0) is 14.8. The van der Waals surface area contributed by atoms with E-state index in [9.17, 15) is 0 Å². The van der Waals surface area contributed by atoms with Gasteiger partial charge in [0.2, 0.25) is 0 Å². The predicted octanol–water partition coefficient (Wildman–Crippen LogP) is 5.64. The Morgan fingerprint density at radius 1 is 1.05 bits per heavy atom. The van der Waals surface area contributed by atoms with Crippen LogP contribution in [0.25, 0.3) is 0 Å². The molecule has 1 aromatic carbocycles. The number of unbranched alkanes of at least 4 members (excludes halogenated alkanes) is 1. The summed E-state index contributed by atoms with van der Waals surface area (Å²) in [6, 6.07) is 9.39. The van der Waals surface area contributed by atoms with Crippen LogP contribution in [0.15, 0.2) is 24.3 Å². The molecular weight excluding hydrogens is 242 g/mol. The standard InChI is InChI=1S/C19H33N/c1-5-8-12-17(7-3)15-19(20-14-6-2)18-13-10-9-11-16(18)4/h9-11,13,17,19-20H,5-8,12,14-15H2,1-4H3. The molecule has 0 aliphatic heterocycles. The van der Waals surface area contributed by atoms with Crippen LogP contribution in [-0.4, -0.2) is 6.54 Å². The lowest BCUT2D eigenvalue weighted by molar-refractivity contribution is 0.353. The van der Waals surface area contributed by atoms with Crippen molar-refractivity contribution >= 4 is 0 Å². The van der Waals surface area contributed by atoms with Crippen LogP contribution in [0, 0.1) is 12.8 Å². The van der Waals surface area contributed by atoms with Gasteiger partial charge in [0.15, 0.2) is 0 Å². The zero-order valence-corrected chi connectivity index (χ0v) is 13.9. The molecule has 0 saturated heterocycles. The fourth-order valence-corrected chi connectivity index (χ4v) is 2.93. The highest BCUT2D eigenvalue weighted by molar-refractivity contribution is 5.28. The van der Waals surface area contributed by atoms with Crippen LogP contribution in [0.1, 0.15) is 76.5 Å². The number of benzene rings is 1. The summed E-state index contributed by atoms with van der Waals surface area (Å²) in [7, 11) is 0. The van der Waals surface area contributed by atoms with Crippen molar-refractivity contribution in [2.24, 2.45) is 5.92 Å². The van der Waals surface area contributed by atoms with Crippen molar-refractivity contribution in [2.45, 2.75) is 72.3 Å². The highest BCUT2D eigenvalue weighted by atomic mass is 14.9. The van der Waals surface area contributed by atoms with Crippen LogP contribution in [-0.2, 0) is 0 Å². The number of hydrogen-bond acceptors (Lipinski definition) is 1. The van der Waals surface area contributed by atoms with Crippen molar-refractivity contribution in [2.75, 3.05) is 6.54 Å². The van der Waals surface area contributed by atoms with E-state index in [1.807, 2.05) is 0 Å². The van der Waals surface area contributed by atoms with E-state index in [0.29, 0.717) is 6.04 Å². The van der Waals surface area contributed by atoms with Crippen molar-refractivity contribution in [3.63, 3.8) is 0 Å². The molecule has 114 valence electrons. The number of rotatable bonds is 10. The third-order valence-corrected chi connectivity index (χ3v) is 4.32. The van der Waals surface area contributed by atoms with Gasteiger partial charge in [-0.1, -0.05) is 70.7 Å². The third-order valence-electron chi connectivity index (χ3n) is 4.32. The molecule has 1 N–H and O–H groups in total. The molecule has 1 rings (SSSR count). The molecule has 1 heteroatoms. The molecule has 0 radical (unpaired) electrons. The first-order valence-corrected chi connectivity index (χ1v) is 8.51. The number of nitrogens with one attached hydrogen (secondary N) is 1. The van der Waals surface area contributed by atoms with Gasteiger partial charge in [-0.25, -0.2) is 0 Å². The number of hydrogen-bond donors (Lipinski definition) is 1. The molecule has 0 heterocycles. The minimum absolute atomic E-state index is 0.526. The fourth-order valence-electron chi connectivity index (χ4n) is 2.93. The lowest BCUT2D eigenvalue weighted by Crippen LogP contribution is -2.25. The second kappa shape index (κ2) is 9.99. The molecular formula is C19H33N. The molecule has 1 aromatic rings. The molecule has 2 atom stereocenters. The Morgan fingerprint density at radius 2 is 1.80 bits per heavy atom. The highest BCUT2D eigenvalue weighted by Gasteiger charge is 2.17. The maximum atomic E-state index is 3.77. The Kier molecular flexibility index (Phi) is 8.60. The van der Waals surface area contributed by atoms with Crippen LogP contribution < -0.4 is 5.32 Å². The average molecular weight is 275 g/mol. The summed E-state index contributed by atoms with van der Waals surface area (Å²) in [5, 5.41) is 3.77. The quantitative estimate of drug-likeness (QED) is 0.582. The average Bonchev–Trinajstić information content (AvgIpc) is 2.47. The van der Waals surface area contributed by atoms with E-state index in [2.05, 4.69) is 57.3 Å². The minimum Gasteiger partial charge on any atom is -0.310 e. The lowest BCUT2D eigenvalue weighted by Gasteiger charge is -2.25. The van der Waals surface area contributed by atoms with Gasteiger partial charge in [0.25, 0.3) is 0 Å². The van der Waals surface area contributed by atoms with Gasteiger partial charge in [-0.2, -0.15) is 0 Å². The van der Waals surface area contributed by atoms with E-state index in [4.69, 9.17) is 0 Å². The zero-order valence-electron chi connectivity index (χ0n) is 13.9. The Labute approximate surface area is 126 Å². The van der Waals surface area contributed by atoms with E-state index >= 15 is 0 Å². The molecule has 0 aliphatic rings. The van der Waals surface area contributed by atoms with Crippen LogP contribution in [0.3, 0.4) is 0 Å². The van der Waals surface area contributed by atoms with Crippen molar-refractivity contribution in [3.05, 3.63) is 35.4 Å². The van der Waals surface area contributed by atoms with Gasteiger partial charge in [0, 0.05) is 6.04 Å². The second-order valence-corrected chi connectivity index (χ2v) is 6.02. The van der Waals surface area contributed by atoms with Crippen LogP contribution in [0.2, 0.25) is 0 Å². The summed E-state index contributed by atoms with van der Waals surface area (Å²) in [5.41, 5.74) is 2.92. The van der Waals surface area contributed by atoms with Crippen LogP contribution in [0.5, 0.6) is 0 Å². The highest BCUT2D eigenvalue weighted by Crippen LogP contribution is 2.28. The van der Waals surface area contributed by atoms with Crippen molar-refractivity contribution in [1.82, 2.24) is 5.32 Å².